The molecule has 0 aromatic carbocycles. The molecule has 2 N–H and O–H groups in total. The van der Waals surface area contributed by atoms with Gasteiger partial charge in [0.25, 0.3) is 0 Å². The average Bonchev–Trinajstić information content (AvgIpc) is 3.11. The fraction of sp³-hybridized carbons (Fsp3) is 0.647. The van der Waals surface area contributed by atoms with Gasteiger partial charge in [-0.25, -0.2) is 8.42 Å². The van der Waals surface area contributed by atoms with Gasteiger partial charge in [0, 0.05) is 31.6 Å². The Morgan fingerprint density at radius 1 is 1.31 bits per heavy atom. The fourth-order valence-electron chi connectivity index (χ4n) is 3.27. The fourth-order valence-corrected chi connectivity index (χ4v) is 4.01. The van der Waals surface area contributed by atoms with Crippen molar-refractivity contribution in [1.29, 1.82) is 0 Å². The molecule has 1 atom stereocenters. The van der Waals surface area contributed by atoms with Crippen molar-refractivity contribution in [2.75, 3.05) is 18.6 Å². The first kappa shape index (κ1) is 19.1. The van der Waals surface area contributed by atoms with Crippen LogP contribution in [0.5, 0.6) is 0 Å². The summed E-state index contributed by atoms with van der Waals surface area (Å²) >= 11 is 0. The molecule has 1 unspecified atom stereocenters. The molecule has 1 aliphatic heterocycles. The summed E-state index contributed by atoms with van der Waals surface area (Å²) in [5.74, 6) is 0.271. The Morgan fingerprint density at radius 2 is 2.08 bits per heavy atom. The van der Waals surface area contributed by atoms with Crippen molar-refractivity contribution in [1.82, 2.24) is 24.9 Å². The summed E-state index contributed by atoms with van der Waals surface area (Å²) in [6, 6.07) is 3.92. The summed E-state index contributed by atoms with van der Waals surface area (Å²) in [7, 11) is -3.25. The van der Waals surface area contributed by atoms with Gasteiger partial charge in [-0.15, -0.1) is 0 Å². The summed E-state index contributed by atoms with van der Waals surface area (Å²) in [5.41, 5.74) is 3.59. The maximum absolute atomic E-state index is 11.4. The summed E-state index contributed by atoms with van der Waals surface area (Å²) in [6.07, 6.45) is 0.999. The highest BCUT2D eigenvalue weighted by molar-refractivity contribution is 7.90. The standard InChI is InChI=1S/C17H27N5O3S/c1-12(2)6-13-7-14(19-18-13)9-21-4-5-22-15(10-21)8-16(20-22)17(23)11-26(3,24)25/h7-8,12,17,23H,4-6,9-11H2,1-3H3,(H,18,19). The maximum Gasteiger partial charge on any atom is 0.150 e. The van der Waals surface area contributed by atoms with Crippen molar-refractivity contribution in [2.45, 2.75) is 46.0 Å². The highest BCUT2D eigenvalue weighted by Crippen LogP contribution is 2.20. The van der Waals surface area contributed by atoms with Crippen LogP contribution in [0.3, 0.4) is 0 Å². The second-order valence-electron chi connectivity index (χ2n) is 7.59. The number of hydrogen-bond acceptors (Lipinski definition) is 6. The zero-order chi connectivity index (χ0) is 18.9. The number of fused-ring (bicyclic) bond motifs is 1. The maximum atomic E-state index is 11.4. The van der Waals surface area contributed by atoms with Gasteiger partial charge in [-0.05, 0) is 24.5 Å². The van der Waals surface area contributed by atoms with E-state index in [-0.39, 0.29) is 5.75 Å². The predicted molar refractivity (Wildman–Crippen MR) is 98.1 cm³/mol. The summed E-state index contributed by atoms with van der Waals surface area (Å²) < 4.78 is 24.6. The molecule has 0 amide bonds. The first-order valence-corrected chi connectivity index (χ1v) is 10.9. The van der Waals surface area contributed by atoms with E-state index in [1.807, 2.05) is 4.68 Å². The van der Waals surface area contributed by atoms with E-state index in [1.54, 1.807) is 6.07 Å². The summed E-state index contributed by atoms with van der Waals surface area (Å²) in [6.45, 7) is 7.39. The SMILES string of the molecule is CC(C)Cc1cc(CN2CCn3nc(C(O)CS(C)(=O)=O)cc3C2)[nH]n1. The topological polar surface area (TPSA) is 104 Å². The third-order valence-corrected chi connectivity index (χ3v) is 5.31. The van der Waals surface area contributed by atoms with Gasteiger partial charge < -0.3 is 5.11 Å². The lowest BCUT2D eigenvalue weighted by Crippen LogP contribution is -2.33. The van der Waals surface area contributed by atoms with Gasteiger partial charge in [0.2, 0.25) is 0 Å². The molecule has 9 heteroatoms. The number of aliphatic hydroxyl groups excluding tert-OH is 1. The molecule has 2 aromatic rings. The van der Waals surface area contributed by atoms with Crippen LogP contribution < -0.4 is 0 Å². The normalized spacial score (nSPS) is 16.8. The van der Waals surface area contributed by atoms with Crippen LogP contribution in [0.1, 0.15) is 42.7 Å². The number of nitrogens with zero attached hydrogens (tertiary/aromatic N) is 4. The number of aromatic nitrogens is 4. The van der Waals surface area contributed by atoms with Crippen molar-refractivity contribution in [3.8, 4) is 0 Å². The van der Waals surface area contributed by atoms with Gasteiger partial charge in [0.1, 0.15) is 15.9 Å². The lowest BCUT2D eigenvalue weighted by molar-refractivity contribution is 0.190. The largest absolute Gasteiger partial charge is 0.386 e. The van der Waals surface area contributed by atoms with E-state index >= 15 is 0 Å². The van der Waals surface area contributed by atoms with Crippen LogP contribution in [0.2, 0.25) is 0 Å². The number of sulfone groups is 1. The quantitative estimate of drug-likeness (QED) is 0.738. The molecular weight excluding hydrogens is 354 g/mol. The lowest BCUT2D eigenvalue weighted by Gasteiger charge is -2.26. The van der Waals surface area contributed by atoms with Gasteiger partial charge in [0.15, 0.2) is 0 Å². The zero-order valence-electron chi connectivity index (χ0n) is 15.5. The summed E-state index contributed by atoms with van der Waals surface area (Å²) in [5, 5.41) is 21.9. The Labute approximate surface area is 154 Å². The first-order chi connectivity index (χ1) is 12.2. The van der Waals surface area contributed by atoms with Gasteiger partial charge in [-0.2, -0.15) is 10.2 Å². The molecule has 0 spiro atoms. The third kappa shape index (κ3) is 4.93. The minimum absolute atomic E-state index is 0.306. The number of aromatic amines is 1. The van der Waals surface area contributed by atoms with E-state index in [0.717, 1.165) is 42.8 Å². The number of H-pyrrole nitrogens is 1. The monoisotopic (exact) mass is 381 g/mol. The Balaban J connectivity index is 1.63. The molecule has 0 radical (unpaired) electrons. The van der Waals surface area contributed by atoms with E-state index in [9.17, 15) is 13.5 Å². The van der Waals surface area contributed by atoms with Crippen LogP contribution in [-0.2, 0) is 35.9 Å². The Bertz CT molecular complexity index is 856. The molecule has 3 rings (SSSR count). The number of nitrogens with one attached hydrogen (secondary N) is 1. The molecule has 2 aromatic heterocycles. The van der Waals surface area contributed by atoms with Crippen LogP contribution in [0.4, 0.5) is 0 Å². The molecule has 3 heterocycles. The van der Waals surface area contributed by atoms with E-state index in [1.165, 1.54) is 0 Å². The molecular formula is C17H27N5O3S. The molecule has 0 aliphatic carbocycles. The van der Waals surface area contributed by atoms with Crippen molar-refractivity contribution in [3.63, 3.8) is 0 Å². The van der Waals surface area contributed by atoms with Gasteiger partial charge in [-0.3, -0.25) is 14.7 Å². The van der Waals surface area contributed by atoms with Gasteiger partial charge >= 0.3 is 0 Å². The van der Waals surface area contributed by atoms with Crippen LogP contribution >= 0.6 is 0 Å². The van der Waals surface area contributed by atoms with Crippen LogP contribution in [-0.4, -0.2) is 57.0 Å². The molecule has 0 saturated heterocycles. The molecule has 0 fully saturated rings. The number of hydrogen-bond donors (Lipinski definition) is 2. The van der Waals surface area contributed by atoms with E-state index in [2.05, 4.69) is 40.1 Å². The Hall–Kier alpha value is -1.71. The van der Waals surface area contributed by atoms with Crippen LogP contribution in [0.25, 0.3) is 0 Å². The number of aliphatic hydroxyl groups is 1. The predicted octanol–water partition coefficient (Wildman–Crippen LogP) is 0.898. The lowest BCUT2D eigenvalue weighted by atomic mass is 10.1. The van der Waals surface area contributed by atoms with Gasteiger partial charge in [-0.1, -0.05) is 13.8 Å². The second kappa shape index (κ2) is 7.50. The molecule has 8 nitrogen and oxygen atoms in total. The minimum atomic E-state index is -3.25. The smallest absolute Gasteiger partial charge is 0.150 e. The highest BCUT2D eigenvalue weighted by Gasteiger charge is 2.23. The van der Waals surface area contributed by atoms with Crippen molar-refractivity contribution in [2.24, 2.45) is 5.92 Å². The minimum Gasteiger partial charge on any atom is -0.386 e. The summed E-state index contributed by atoms with van der Waals surface area (Å²) in [4.78, 5) is 2.29. The van der Waals surface area contributed by atoms with Gasteiger partial charge in [0.05, 0.1) is 29.4 Å². The molecule has 144 valence electrons. The molecule has 0 bridgehead atoms. The molecule has 26 heavy (non-hydrogen) atoms. The highest BCUT2D eigenvalue weighted by atomic mass is 32.2. The van der Waals surface area contributed by atoms with E-state index in [0.29, 0.717) is 24.7 Å². The van der Waals surface area contributed by atoms with E-state index in [4.69, 9.17) is 0 Å². The third-order valence-electron chi connectivity index (χ3n) is 4.39. The molecule has 1 aliphatic rings. The molecule has 0 saturated carbocycles. The second-order valence-corrected chi connectivity index (χ2v) is 9.77. The number of rotatable bonds is 7. The first-order valence-electron chi connectivity index (χ1n) is 8.87. The zero-order valence-corrected chi connectivity index (χ0v) is 16.3. The van der Waals surface area contributed by atoms with Crippen LogP contribution in [0.15, 0.2) is 12.1 Å². The van der Waals surface area contributed by atoms with Crippen LogP contribution in [0, 0.1) is 5.92 Å². The van der Waals surface area contributed by atoms with Crippen molar-refractivity contribution >= 4 is 9.84 Å². The van der Waals surface area contributed by atoms with Crippen molar-refractivity contribution in [3.05, 3.63) is 34.9 Å². The van der Waals surface area contributed by atoms with Crippen molar-refractivity contribution < 1.29 is 13.5 Å². The Kier molecular flexibility index (Phi) is 5.50. The Morgan fingerprint density at radius 3 is 2.77 bits per heavy atom. The average molecular weight is 382 g/mol. The van der Waals surface area contributed by atoms with E-state index < -0.39 is 15.9 Å².